The van der Waals surface area contributed by atoms with Gasteiger partial charge < -0.3 is 4.90 Å². The summed E-state index contributed by atoms with van der Waals surface area (Å²) in [6, 6.07) is 15.6. The summed E-state index contributed by atoms with van der Waals surface area (Å²) in [5, 5.41) is 0. The summed E-state index contributed by atoms with van der Waals surface area (Å²) < 4.78 is 28.2. The van der Waals surface area contributed by atoms with Crippen molar-refractivity contribution in [2.75, 3.05) is 19.6 Å². The van der Waals surface area contributed by atoms with Gasteiger partial charge in [-0.1, -0.05) is 70.5 Å². The molecule has 5 heteroatoms. The second-order valence-corrected chi connectivity index (χ2v) is 11.8. The normalized spacial score (nSPS) is 16.5. The molecule has 31 heavy (non-hydrogen) atoms. The molecule has 0 bridgehead atoms. The molecule has 1 fully saturated rings. The van der Waals surface area contributed by atoms with E-state index < -0.39 is 10.0 Å². The van der Waals surface area contributed by atoms with Crippen molar-refractivity contribution in [2.24, 2.45) is 5.41 Å². The summed E-state index contributed by atoms with van der Waals surface area (Å²) in [5.41, 5.74) is 3.85. The lowest BCUT2D eigenvalue weighted by molar-refractivity contribution is 0.154. The van der Waals surface area contributed by atoms with Crippen LogP contribution in [0.4, 0.5) is 0 Å². The zero-order valence-electron chi connectivity index (χ0n) is 19.5. The third kappa shape index (κ3) is 7.16. The van der Waals surface area contributed by atoms with Crippen LogP contribution in [0.25, 0.3) is 0 Å². The Balaban J connectivity index is 1.58. The van der Waals surface area contributed by atoms with E-state index in [0.717, 1.165) is 50.9 Å². The number of piperidine rings is 1. The van der Waals surface area contributed by atoms with Gasteiger partial charge in [0.25, 0.3) is 0 Å². The number of sulfonamides is 1. The van der Waals surface area contributed by atoms with Crippen LogP contribution in [0, 0.1) is 5.41 Å². The highest BCUT2D eigenvalue weighted by Gasteiger charge is 2.24. The molecule has 1 aliphatic rings. The lowest BCUT2D eigenvalue weighted by atomic mass is 9.87. The number of likely N-dealkylation sites (tertiary alicyclic amines) is 1. The highest BCUT2D eigenvalue weighted by Crippen LogP contribution is 2.30. The first-order chi connectivity index (χ1) is 14.7. The van der Waals surface area contributed by atoms with Crippen LogP contribution in [0.5, 0.6) is 0 Å². The quantitative estimate of drug-likeness (QED) is 0.600. The van der Waals surface area contributed by atoms with E-state index in [1.165, 1.54) is 11.1 Å². The average Bonchev–Trinajstić information content (AvgIpc) is 2.73. The Morgan fingerprint density at radius 1 is 1.00 bits per heavy atom. The molecule has 0 unspecified atom stereocenters. The van der Waals surface area contributed by atoms with Crippen LogP contribution in [-0.4, -0.2) is 33.0 Å². The number of benzene rings is 2. The predicted molar refractivity (Wildman–Crippen MR) is 129 cm³/mol. The van der Waals surface area contributed by atoms with Crippen LogP contribution in [-0.2, 0) is 23.0 Å². The molecular weight excluding hydrogens is 404 g/mol. The molecule has 0 atom stereocenters. The van der Waals surface area contributed by atoms with Crippen LogP contribution in [0.2, 0.25) is 0 Å². The van der Waals surface area contributed by atoms with Gasteiger partial charge in [-0.15, -0.1) is 0 Å². The molecule has 1 aliphatic heterocycles. The summed E-state index contributed by atoms with van der Waals surface area (Å²) in [5.74, 6) is 0.555. The molecule has 0 aromatic heterocycles. The number of nitrogens with one attached hydrogen (secondary N) is 1. The monoisotopic (exact) mass is 442 g/mol. The van der Waals surface area contributed by atoms with Crippen molar-refractivity contribution in [1.82, 2.24) is 9.62 Å². The second-order valence-electron chi connectivity index (χ2n) is 10.1. The molecule has 4 nitrogen and oxygen atoms in total. The molecule has 0 radical (unpaired) electrons. The topological polar surface area (TPSA) is 49.4 Å². The molecule has 0 saturated carbocycles. The Bertz CT molecular complexity index is 938. The van der Waals surface area contributed by atoms with E-state index in [2.05, 4.69) is 55.5 Å². The highest BCUT2D eigenvalue weighted by atomic mass is 32.2. The number of aryl methyl sites for hydroxylation is 1. The Labute approximate surface area is 189 Å². The van der Waals surface area contributed by atoms with E-state index >= 15 is 0 Å². The summed E-state index contributed by atoms with van der Waals surface area (Å²) in [6.07, 6.45) is 4.34. The Hall–Kier alpha value is -1.69. The Morgan fingerprint density at radius 3 is 2.29 bits per heavy atom. The zero-order chi connectivity index (χ0) is 22.5. The third-order valence-corrected chi connectivity index (χ3v) is 7.36. The molecule has 2 aromatic carbocycles. The van der Waals surface area contributed by atoms with Crippen molar-refractivity contribution in [3.8, 4) is 0 Å². The standard InChI is InChI=1S/C26H38N2O2S/c1-5-7-21-10-12-25(13-11-21)31(29,30)27-19-22-8-6-9-24(18-22)23-14-16-28(17-15-23)20-26(2,3)4/h6,8-13,18,23,27H,5,7,14-17,19-20H2,1-4H3. The van der Waals surface area contributed by atoms with Gasteiger partial charge in [-0.2, -0.15) is 0 Å². The minimum Gasteiger partial charge on any atom is -0.303 e. The van der Waals surface area contributed by atoms with Crippen molar-refractivity contribution >= 4 is 10.0 Å². The van der Waals surface area contributed by atoms with E-state index in [4.69, 9.17) is 0 Å². The van der Waals surface area contributed by atoms with E-state index in [-0.39, 0.29) is 0 Å². The lowest BCUT2D eigenvalue weighted by Gasteiger charge is -2.36. The van der Waals surface area contributed by atoms with Crippen molar-refractivity contribution < 1.29 is 8.42 Å². The first-order valence-corrected chi connectivity index (χ1v) is 13.0. The van der Waals surface area contributed by atoms with Gasteiger partial charge in [-0.05, 0) is 72.5 Å². The number of nitrogens with zero attached hydrogens (tertiary/aromatic N) is 1. The van der Waals surface area contributed by atoms with Crippen LogP contribution >= 0.6 is 0 Å². The maximum atomic E-state index is 12.7. The smallest absolute Gasteiger partial charge is 0.240 e. The summed E-state index contributed by atoms with van der Waals surface area (Å²) in [4.78, 5) is 2.90. The average molecular weight is 443 g/mol. The fourth-order valence-electron chi connectivity index (χ4n) is 4.44. The second kappa shape index (κ2) is 10.3. The molecule has 3 rings (SSSR count). The highest BCUT2D eigenvalue weighted by molar-refractivity contribution is 7.89. The minimum atomic E-state index is -3.51. The summed E-state index contributed by atoms with van der Waals surface area (Å²) in [7, 11) is -3.51. The van der Waals surface area contributed by atoms with E-state index in [1.54, 1.807) is 12.1 Å². The van der Waals surface area contributed by atoms with Crippen LogP contribution in [0.15, 0.2) is 53.4 Å². The Kier molecular flexibility index (Phi) is 7.95. The maximum absolute atomic E-state index is 12.7. The minimum absolute atomic E-state index is 0.315. The molecule has 1 heterocycles. The fourth-order valence-corrected chi connectivity index (χ4v) is 5.46. The molecule has 0 amide bonds. The Morgan fingerprint density at radius 2 is 1.68 bits per heavy atom. The molecule has 0 aliphatic carbocycles. The number of rotatable bonds is 8. The van der Waals surface area contributed by atoms with E-state index in [0.29, 0.717) is 22.8 Å². The predicted octanol–water partition coefficient (Wildman–Crippen LogP) is 5.34. The largest absolute Gasteiger partial charge is 0.303 e. The van der Waals surface area contributed by atoms with Crippen LogP contribution in [0.1, 0.15) is 69.6 Å². The first kappa shape index (κ1) is 24.0. The van der Waals surface area contributed by atoms with E-state index in [9.17, 15) is 8.42 Å². The van der Waals surface area contributed by atoms with E-state index in [1.807, 2.05) is 18.2 Å². The van der Waals surface area contributed by atoms with Gasteiger partial charge in [0.05, 0.1) is 4.90 Å². The molecule has 170 valence electrons. The third-order valence-electron chi connectivity index (χ3n) is 5.95. The van der Waals surface area contributed by atoms with Gasteiger partial charge >= 0.3 is 0 Å². The summed E-state index contributed by atoms with van der Waals surface area (Å²) in [6.45, 7) is 12.7. The van der Waals surface area contributed by atoms with Gasteiger partial charge in [-0.3, -0.25) is 0 Å². The van der Waals surface area contributed by atoms with Gasteiger partial charge in [0.15, 0.2) is 0 Å². The SMILES string of the molecule is CCCc1ccc(S(=O)(=O)NCc2cccc(C3CCN(CC(C)(C)C)CC3)c2)cc1. The lowest BCUT2D eigenvalue weighted by Crippen LogP contribution is -2.38. The fraction of sp³-hybridized carbons (Fsp3) is 0.538. The van der Waals surface area contributed by atoms with Crippen molar-refractivity contribution in [2.45, 2.75) is 70.7 Å². The van der Waals surface area contributed by atoms with Crippen molar-refractivity contribution in [3.05, 3.63) is 65.2 Å². The first-order valence-electron chi connectivity index (χ1n) is 11.6. The number of hydrogen-bond acceptors (Lipinski definition) is 3. The molecular formula is C26H38N2O2S. The molecule has 0 spiro atoms. The van der Waals surface area contributed by atoms with Crippen LogP contribution < -0.4 is 4.72 Å². The van der Waals surface area contributed by atoms with Crippen molar-refractivity contribution in [1.29, 1.82) is 0 Å². The molecule has 2 aromatic rings. The van der Waals surface area contributed by atoms with Gasteiger partial charge in [0.2, 0.25) is 10.0 Å². The molecule has 1 saturated heterocycles. The van der Waals surface area contributed by atoms with Gasteiger partial charge in [-0.25, -0.2) is 13.1 Å². The molecule has 1 N–H and O–H groups in total. The van der Waals surface area contributed by atoms with Crippen molar-refractivity contribution in [3.63, 3.8) is 0 Å². The zero-order valence-corrected chi connectivity index (χ0v) is 20.3. The summed E-state index contributed by atoms with van der Waals surface area (Å²) >= 11 is 0. The van der Waals surface area contributed by atoms with Gasteiger partial charge in [0.1, 0.15) is 0 Å². The van der Waals surface area contributed by atoms with Gasteiger partial charge in [0, 0.05) is 13.1 Å². The van der Waals surface area contributed by atoms with Crippen LogP contribution in [0.3, 0.4) is 0 Å². The number of hydrogen-bond donors (Lipinski definition) is 1. The maximum Gasteiger partial charge on any atom is 0.240 e.